The average Bonchev–Trinajstić information content (AvgIpc) is 2.27. The molecule has 1 N–H and O–H groups in total. The van der Waals surface area contributed by atoms with E-state index in [1.54, 1.807) is 7.11 Å². The van der Waals surface area contributed by atoms with E-state index in [0.29, 0.717) is 18.6 Å². The van der Waals surface area contributed by atoms with Gasteiger partial charge in [-0.2, -0.15) is 0 Å². The van der Waals surface area contributed by atoms with Gasteiger partial charge in [0.15, 0.2) is 0 Å². The maximum absolute atomic E-state index is 5.09. The minimum atomic E-state index is 0.551. The molecular formula is C14H23NO. The van der Waals surface area contributed by atoms with Crippen molar-refractivity contribution in [2.75, 3.05) is 13.7 Å². The molecule has 0 aliphatic carbocycles. The number of methoxy groups -OCH3 is 1. The summed E-state index contributed by atoms with van der Waals surface area (Å²) in [5.74, 6) is 0.555. The quantitative estimate of drug-likeness (QED) is 0.797. The van der Waals surface area contributed by atoms with Gasteiger partial charge in [0.1, 0.15) is 0 Å². The minimum Gasteiger partial charge on any atom is -0.380 e. The van der Waals surface area contributed by atoms with Crippen LogP contribution in [0.3, 0.4) is 0 Å². The summed E-state index contributed by atoms with van der Waals surface area (Å²) in [4.78, 5) is 0. The molecule has 2 nitrogen and oxygen atoms in total. The van der Waals surface area contributed by atoms with Gasteiger partial charge in [0.05, 0.1) is 6.61 Å². The second kappa shape index (κ2) is 6.66. The van der Waals surface area contributed by atoms with Gasteiger partial charge in [0, 0.05) is 19.7 Å². The molecule has 1 rings (SSSR count). The molecule has 0 amide bonds. The van der Waals surface area contributed by atoms with Crippen LogP contribution in [0.4, 0.5) is 0 Å². The number of nitrogens with one attached hydrogen (secondary N) is 1. The van der Waals surface area contributed by atoms with E-state index in [2.05, 4.69) is 50.4 Å². The van der Waals surface area contributed by atoms with Crippen molar-refractivity contribution in [1.82, 2.24) is 5.32 Å². The van der Waals surface area contributed by atoms with Crippen LogP contribution in [0, 0.1) is 0 Å². The van der Waals surface area contributed by atoms with Crippen molar-refractivity contribution < 1.29 is 4.74 Å². The molecule has 0 saturated heterocycles. The molecule has 0 saturated carbocycles. The highest BCUT2D eigenvalue weighted by atomic mass is 16.5. The van der Waals surface area contributed by atoms with Gasteiger partial charge in [-0.1, -0.05) is 45.0 Å². The van der Waals surface area contributed by atoms with E-state index >= 15 is 0 Å². The van der Waals surface area contributed by atoms with Gasteiger partial charge < -0.3 is 10.1 Å². The Morgan fingerprint density at radius 3 is 2.25 bits per heavy atom. The lowest BCUT2D eigenvalue weighted by atomic mass is 10.00. The van der Waals surface area contributed by atoms with Crippen LogP contribution in [0.2, 0.25) is 0 Å². The highest BCUT2D eigenvalue weighted by molar-refractivity contribution is 5.24. The largest absolute Gasteiger partial charge is 0.380 e. The van der Waals surface area contributed by atoms with E-state index in [-0.39, 0.29) is 0 Å². The second-order valence-electron chi connectivity index (χ2n) is 4.64. The molecule has 0 bridgehead atoms. The number of ether oxygens (including phenoxy) is 1. The summed E-state index contributed by atoms with van der Waals surface area (Å²) in [6, 6.07) is 9.23. The number of rotatable bonds is 6. The Balaban J connectivity index is 2.52. The first-order valence-corrected chi connectivity index (χ1v) is 5.94. The van der Waals surface area contributed by atoms with E-state index in [9.17, 15) is 0 Å². The Morgan fingerprint density at radius 1 is 1.12 bits per heavy atom. The van der Waals surface area contributed by atoms with Crippen LogP contribution in [-0.2, 0) is 11.3 Å². The fourth-order valence-corrected chi connectivity index (χ4v) is 1.64. The molecule has 0 spiro atoms. The molecule has 0 aromatic heterocycles. The predicted molar refractivity (Wildman–Crippen MR) is 68.7 cm³/mol. The molecule has 0 fully saturated rings. The second-order valence-corrected chi connectivity index (χ2v) is 4.64. The van der Waals surface area contributed by atoms with Gasteiger partial charge in [0.25, 0.3) is 0 Å². The highest BCUT2D eigenvalue weighted by Gasteiger charge is 2.05. The number of benzene rings is 1. The van der Waals surface area contributed by atoms with Crippen LogP contribution >= 0.6 is 0 Å². The zero-order chi connectivity index (χ0) is 12.0. The first-order chi connectivity index (χ1) is 7.63. The van der Waals surface area contributed by atoms with E-state index in [4.69, 9.17) is 4.74 Å². The highest BCUT2D eigenvalue weighted by Crippen LogP contribution is 2.15. The summed E-state index contributed by atoms with van der Waals surface area (Å²) < 4.78 is 5.09. The number of hydrogen-bond donors (Lipinski definition) is 1. The van der Waals surface area contributed by atoms with Crippen LogP contribution in [0.25, 0.3) is 0 Å². The molecule has 0 aliphatic rings. The van der Waals surface area contributed by atoms with Crippen LogP contribution in [0.15, 0.2) is 24.3 Å². The first-order valence-electron chi connectivity index (χ1n) is 5.94. The van der Waals surface area contributed by atoms with Gasteiger partial charge >= 0.3 is 0 Å². The summed E-state index contributed by atoms with van der Waals surface area (Å²) in [7, 11) is 1.73. The lowest BCUT2D eigenvalue weighted by molar-refractivity contribution is 0.185. The monoisotopic (exact) mass is 221 g/mol. The molecule has 1 atom stereocenters. The number of hydrogen-bond acceptors (Lipinski definition) is 2. The lowest BCUT2D eigenvalue weighted by Crippen LogP contribution is -2.26. The minimum absolute atomic E-state index is 0.551. The summed E-state index contributed by atoms with van der Waals surface area (Å²) in [6.07, 6.45) is 0. The van der Waals surface area contributed by atoms with Gasteiger partial charge in [-0.05, 0) is 17.0 Å². The molecule has 1 aromatic rings. The topological polar surface area (TPSA) is 21.3 Å². The van der Waals surface area contributed by atoms with Crippen molar-refractivity contribution in [3.8, 4) is 0 Å². The van der Waals surface area contributed by atoms with Gasteiger partial charge in [-0.3, -0.25) is 0 Å². The summed E-state index contributed by atoms with van der Waals surface area (Å²) in [5, 5.41) is 3.46. The normalized spacial score (nSPS) is 13.1. The van der Waals surface area contributed by atoms with E-state index < -0.39 is 0 Å². The third-order valence-electron chi connectivity index (χ3n) is 2.69. The van der Waals surface area contributed by atoms with Gasteiger partial charge in [0.2, 0.25) is 0 Å². The smallest absolute Gasteiger partial charge is 0.0713 e. The van der Waals surface area contributed by atoms with E-state index in [0.717, 1.165) is 6.54 Å². The summed E-state index contributed by atoms with van der Waals surface area (Å²) in [6.45, 7) is 8.32. The molecule has 0 radical (unpaired) electrons. The molecule has 90 valence electrons. The molecule has 0 aliphatic heterocycles. The average molecular weight is 221 g/mol. The zero-order valence-electron chi connectivity index (χ0n) is 10.8. The summed E-state index contributed by atoms with van der Waals surface area (Å²) >= 11 is 0. The third kappa shape index (κ3) is 4.33. The first kappa shape index (κ1) is 13.2. The van der Waals surface area contributed by atoms with Gasteiger partial charge in [-0.15, -0.1) is 0 Å². The lowest BCUT2D eigenvalue weighted by Gasteiger charge is -2.15. The Hall–Kier alpha value is -0.860. The fourth-order valence-electron chi connectivity index (χ4n) is 1.64. The van der Waals surface area contributed by atoms with Crippen molar-refractivity contribution in [3.05, 3.63) is 35.4 Å². The van der Waals surface area contributed by atoms with Crippen molar-refractivity contribution in [3.63, 3.8) is 0 Å². The van der Waals surface area contributed by atoms with E-state index in [1.807, 2.05) is 0 Å². The van der Waals surface area contributed by atoms with E-state index in [1.165, 1.54) is 11.1 Å². The standard InChI is InChI=1S/C14H23NO/c1-11(2)15-9-12(3)14-7-5-13(6-8-14)10-16-4/h5-8,11-12,15H,9-10H2,1-4H3. The SMILES string of the molecule is COCc1ccc(C(C)CNC(C)C)cc1. The summed E-state index contributed by atoms with van der Waals surface area (Å²) in [5.41, 5.74) is 2.61. The maximum atomic E-state index is 5.09. The molecule has 1 unspecified atom stereocenters. The molecular weight excluding hydrogens is 198 g/mol. The molecule has 1 aromatic carbocycles. The Morgan fingerprint density at radius 2 is 1.75 bits per heavy atom. The molecule has 16 heavy (non-hydrogen) atoms. The van der Waals surface area contributed by atoms with Crippen molar-refractivity contribution in [1.29, 1.82) is 0 Å². The fraction of sp³-hybridized carbons (Fsp3) is 0.571. The van der Waals surface area contributed by atoms with Crippen LogP contribution in [-0.4, -0.2) is 19.7 Å². The Kier molecular flexibility index (Phi) is 5.50. The maximum Gasteiger partial charge on any atom is 0.0713 e. The van der Waals surface area contributed by atoms with Crippen molar-refractivity contribution >= 4 is 0 Å². The Bertz CT molecular complexity index is 292. The molecule has 2 heteroatoms. The van der Waals surface area contributed by atoms with Crippen molar-refractivity contribution in [2.24, 2.45) is 0 Å². The van der Waals surface area contributed by atoms with Crippen molar-refractivity contribution in [2.45, 2.75) is 39.3 Å². The van der Waals surface area contributed by atoms with Gasteiger partial charge in [-0.25, -0.2) is 0 Å². The third-order valence-corrected chi connectivity index (χ3v) is 2.69. The zero-order valence-corrected chi connectivity index (χ0v) is 10.8. The van der Waals surface area contributed by atoms with Crippen LogP contribution in [0.5, 0.6) is 0 Å². The Labute approximate surface area is 99.0 Å². The molecule has 0 heterocycles. The predicted octanol–water partition coefficient (Wildman–Crippen LogP) is 2.93. The van der Waals surface area contributed by atoms with Crippen LogP contribution in [0.1, 0.15) is 37.8 Å². The van der Waals surface area contributed by atoms with Crippen LogP contribution < -0.4 is 5.32 Å².